The Balaban J connectivity index is 1.62. The Kier molecular flexibility index (Phi) is 6.63. The van der Waals surface area contributed by atoms with Crippen LogP contribution in [0.3, 0.4) is 0 Å². The number of nitrogens with one attached hydrogen (secondary N) is 1. The van der Waals surface area contributed by atoms with Crippen molar-refractivity contribution in [3.05, 3.63) is 57.6 Å². The maximum absolute atomic E-state index is 12.4. The van der Waals surface area contributed by atoms with Crippen LogP contribution in [0.5, 0.6) is 5.75 Å². The van der Waals surface area contributed by atoms with Crippen LogP contribution in [0.1, 0.15) is 28.3 Å². The summed E-state index contributed by atoms with van der Waals surface area (Å²) in [6, 6.07) is 6.30. The van der Waals surface area contributed by atoms with Crippen LogP contribution in [0.15, 0.2) is 30.5 Å². The van der Waals surface area contributed by atoms with Crippen molar-refractivity contribution in [3.63, 3.8) is 0 Å². The maximum Gasteiger partial charge on any atom is 0.354 e. The number of aromatic nitrogens is 4. The standard InChI is InChI=1S/C19H19Cl2N5O4/c1-11-18(23-17(27)6-8-25-15(19(28)29)5-7-22-25)12(2)26(24-11)10-30-16-4-3-13(20)9-14(16)21/h3-5,7,9H,6,8,10H2,1-2H3,(H,23,27)(H,28,29). The average Bonchev–Trinajstić information content (AvgIpc) is 3.26. The van der Waals surface area contributed by atoms with E-state index in [9.17, 15) is 9.59 Å². The van der Waals surface area contributed by atoms with Gasteiger partial charge in [0.05, 0.1) is 28.6 Å². The van der Waals surface area contributed by atoms with E-state index < -0.39 is 5.97 Å². The van der Waals surface area contributed by atoms with Gasteiger partial charge in [-0.2, -0.15) is 10.2 Å². The van der Waals surface area contributed by atoms with Gasteiger partial charge >= 0.3 is 5.97 Å². The minimum absolute atomic E-state index is 0.0287. The number of hydrogen-bond acceptors (Lipinski definition) is 5. The largest absolute Gasteiger partial charge is 0.477 e. The molecule has 2 N–H and O–H groups in total. The number of carbonyl (C=O) groups excluding carboxylic acids is 1. The number of ether oxygens (including phenoxy) is 1. The van der Waals surface area contributed by atoms with E-state index in [2.05, 4.69) is 15.5 Å². The van der Waals surface area contributed by atoms with Gasteiger partial charge < -0.3 is 15.2 Å². The molecule has 1 aromatic carbocycles. The Hall–Kier alpha value is -3.04. The minimum Gasteiger partial charge on any atom is -0.477 e. The fourth-order valence-corrected chi connectivity index (χ4v) is 3.29. The van der Waals surface area contributed by atoms with Crippen LogP contribution in [0.4, 0.5) is 5.69 Å². The first-order chi connectivity index (χ1) is 14.3. The van der Waals surface area contributed by atoms with Crippen molar-refractivity contribution in [2.75, 3.05) is 5.32 Å². The molecular weight excluding hydrogens is 433 g/mol. The molecule has 0 fully saturated rings. The van der Waals surface area contributed by atoms with Gasteiger partial charge in [0.25, 0.3) is 0 Å². The molecule has 3 rings (SSSR count). The van der Waals surface area contributed by atoms with Crippen LogP contribution < -0.4 is 10.1 Å². The maximum atomic E-state index is 12.4. The first-order valence-electron chi connectivity index (χ1n) is 8.93. The molecule has 0 saturated carbocycles. The first kappa shape index (κ1) is 21.7. The second kappa shape index (κ2) is 9.19. The van der Waals surface area contributed by atoms with Gasteiger partial charge in [-0.05, 0) is 38.1 Å². The number of amides is 1. The third kappa shape index (κ3) is 4.92. The summed E-state index contributed by atoms with van der Waals surface area (Å²) in [6.07, 6.45) is 1.44. The Morgan fingerprint density at radius 1 is 1.20 bits per heavy atom. The number of rotatable bonds is 8. The quantitative estimate of drug-likeness (QED) is 0.538. The van der Waals surface area contributed by atoms with Crippen molar-refractivity contribution < 1.29 is 19.4 Å². The van der Waals surface area contributed by atoms with E-state index in [4.69, 9.17) is 33.0 Å². The number of benzene rings is 1. The average molecular weight is 452 g/mol. The van der Waals surface area contributed by atoms with E-state index in [1.54, 1.807) is 36.7 Å². The molecule has 0 atom stereocenters. The zero-order chi connectivity index (χ0) is 21.8. The van der Waals surface area contributed by atoms with Gasteiger partial charge in [-0.3, -0.25) is 9.48 Å². The Morgan fingerprint density at radius 2 is 1.97 bits per heavy atom. The number of aryl methyl sites for hydroxylation is 2. The summed E-state index contributed by atoms with van der Waals surface area (Å²) >= 11 is 12.0. The SMILES string of the molecule is Cc1nn(COc2ccc(Cl)cc2Cl)c(C)c1NC(=O)CCn1nccc1C(=O)O. The highest BCUT2D eigenvalue weighted by atomic mass is 35.5. The van der Waals surface area contributed by atoms with Crippen molar-refractivity contribution in [1.29, 1.82) is 0 Å². The van der Waals surface area contributed by atoms with Crippen molar-refractivity contribution in [3.8, 4) is 5.75 Å². The molecule has 2 heterocycles. The molecule has 9 nitrogen and oxygen atoms in total. The molecule has 2 aromatic heterocycles. The summed E-state index contributed by atoms with van der Waals surface area (Å²) in [5.41, 5.74) is 1.93. The van der Waals surface area contributed by atoms with Crippen molar-refractivity contribution in [2.24, 2.45) is 0 Å². The van der Waals surface area contributed by atoms with Crippen LogP contribution in [-0.2, 0) is 18.1 Å². The summed E-state index contributed by atoms with van der Waals surface area (Å²) in [5, 5.41) is 21.1. The second-order valence-corrected chi connectivity index (χ2v) is 7.28. The normalized spacial score (nSPS) is 10.8. The van der Waals surface area contributed by atoms with Gasteiger partial charge in [0.15, 0.2) is 6.73 Å². The lowest BCUT2D eigenvalue weighted by Gasteiger charge is -2.10. The summed E-state index contributed by atoms with van der Waals surface area (Å²) < 4.78 is 8.57. The predicted octanol–water partition coefficient (Wildman–Crippen LogP) is 3.77. The second-order valence-electron chi connectivity index (χ2n) is 6.44. The van der Waals surface area contributed by atoms with Gasteiger partial charge in [-0.15, -0.1) is 0 Å². The van der Waals surface area contributed by atoms with Crippen LogP contribution in [0.2, 0.25) is 10.0 Å². The smallest absolute Gasteiger partial charge is 0.354 e. The monoisotopic (exact) mass is 451 g/mol. The lowest BCUT2D eigenvalue weighted by atomic mass is 10.3. The Morgan fingerprint density at radius 3 is 2.67 bits per heavy atom. The molecule has 0 unspecified atom stereocenters. The molecule has 0 aliphatic carbocycles. The molecular formula is C19H19Cl2N5O4. The number of hydrogen-bond donors (Lipinski definition) is 2. The van der Waals surface area contributed by atoms with Crippen molar-refractivity contribution in [1.82, 2.24) is 19.6 Å². The van der Waals surface area contributed by atoms with E-state index >= 15 is 0 Å². The molecule has 3 aromatic rings. The molecule has 0 aliphatic rings. The molecule has 0 bridgehead atoms. The molecule has 0 spiro atoms. The highest BCUT2D eigenvalue weighted by Crippen LogP contribution is 2.28. The van der Waals surface area contributed by atoms with Gasteiger partial charge in [0, 0.05) is 17.6 Å². The number of carboxylic acid groups (broad SMARTS) is 1. The predicted molar refractivity (Wildman–Crippen MR) is 111 cm³/mol. The fourth-order valence-electron chi connectivity index (χ4n) is 2.83. The Bertz CT molecular complexity index is 1090. The summed E-state index contributed by atoms with van der Waals surface area (Å²) in [7, 11) is 0. The first-order valence-corrected chi connectivity index (χ1v) is 9.68. The number of carbonyl (C=O) groups is 2. The van der Waals surface area contributed by atoms with Gasteiger partial charge in [0.1, 0.15) is 11.4 Å². The van der Waals surface area contributed by atoms with Gasteiger partial charge in [-0.1, -0.05) is 23.2 Å². The van der Waals surface area contributed by atoms with Crippen LogP contribution >= 0.6 is 23.2 Å². The summed E-state index contributed by atoms with van der Waals surface area (Å²) in [6.45, 7) is 3.81. The van der Waals surface area contributed by atoms with E-state index in [0.717, 1.165) is 0 Å². The highest BCUT2D eigenvalue weighted by molar-refractivity contribution is 6.35. The van der Waals surface area contributed by atoms with Crippen LogP contribution in [0.25, 0.3) is 0 Å². The highest BCUT2D eigenvalue weighted by Gasteiger charge is 2.16. The third-order valence-electron chi connectivity index (χ3n) is 4.37. The zero-order valence-electron chi connectivity index (χ0n) is 16.2. The minimum atomic E-state index is -1.10. The number of halogens is 2. The molecule has 1 amide bonds. The molecule has 158 valence electrons. The molecule has 0 aliphatic heterocycles. The molecule has 30 heavy (non-hydrogen) atoms. The van der Waals surface area contributed by atoms with Gasteiger partial charge in [-0.25, -0.2) is 9.48 Å². The third-order valence-corrected chi connectivity index (χ3v) is 4.90. The molecule has 11 heteroatoms. The lowest BCUT2D eigenvalue weighted by Crippen LogP contribution is -2.18. The topological polar surface area (TPSA) is 111 Å². The number of anilines is 1. The Labute approximate surface area is 182 Å². The zero-order valence-corrected chi connectivity index (χ0v) is 17.7. The number of nitrogens with zero attached hydrogens (tertiary/aromatic N) is 4. The number of aromatic carboxylic acids is 1. The van der Waals surface area contributed by atoms with E-state index in [1.807, 2.05) is 0 Å². The van der Waals surface area contributed by atoms with E-state index in [0.29, 0.717) is 32.9 Å². The lowest BCUT2D eigenvalue weighted by molar-refractivity contribution is -0.116. The number of carboxylic acids is 1. The van der Waals surface area contributed by atoms with E-state index in [1.165, 1.54) is 16.9 Å². The summed E-state index contributed by atoms with van der Waals surface area (Å²) in [4.78, 5) is 23.5. The summed E-state index contributed by atoms with van der Waals surface area (Å²) in [5.74, 6) is -0.913. The molecule has 0 radical (unpaired) electrons. The van der Waals surface area contributed by atoms with Crippen LogP contribution in [0, 0.1) is 13.8 Å². The van der Waals surface area contributed by atoms with Crippen molar-refractivity contribution in [2.45, 2.75) is 33.5 Å². The van der Waals surface area contributed by atoms with Crippen molar-refractivity contribution >= 4 is 40.8 Å². The fraction of sp³-hybridized carbons (Fsp3) is 0.263. The van der Waals surface area contributed by atoms with Gasteiger partial charge in [0.2, 0.25) is 5.91 Å². The van der Waals surface area contributed by atoms with E-state index in [-0.39, 0.29) is 31.3 Å². The van der Waals surface area contributed by atoms with Crippen LogP contribution in [-0.4, -0.2) is 36.5 Å². The molecule has 0 saturated heterocycles.